The highest BCUT2D eigenvalue weighted by Crippen LogP contribution is 2.21. The molecule has 3 N–H and O–H groups in total. The average molecular weight is 289 g/mol. The number of carbonyl (C=O) groups is 1. The van der Waals surface area contributed by atoms with Crippen LogP contribution in [0.25, 0.3) is 0 Å². The van der Waals surface area contributed by atoms with E-state index in [4.69, 9.17) is 5.73 Å². The van der Waals surface area contributed by atoms with E-state index in [0.717, 1.165) is 11.3 Å². The van der Waals surface area contributed by atoms with Crippen molar-refractivity contribution in [3.05, 3.63) is 51.3 Å². The van der Waals surface area contributed by atoms with E-state index in [2.05, 4.69) is 10.4 Å². The van der Waals surface area contributed by atoms with Gasteiger partial charge in [-0.05, 0) is 19.1 Å². The summed E-state index contributed by atoms with van der Waals surface area (Å²) in [5.41, 5.74) is 7.31. The Morgan fingerprint density at radius 3 is 2.81 bits per heavy atom. The number of amides is 1. The van der Waals surface area contributed by atoms with Crippen molar-refractivity contribution in [2.45, 2.75) is 13.5 Å². The molecule has 1 aromatic carbocycles. The van der Waals surface area contributed by atoms with E-state index in [1.165, 1.54) is 18.2 Å². The molecule has 1 amide bonds. The number of carbonyl (C=O) groups excluding carboxylic acids is 1. The van der Waals surface area contributed by atoms with E-state index in [9.17, 15) is 14.9 Å². The lowest BCUT2D eigenvalue weighted by molar-refractivity contribution is -0.385. The SMILES string of the molecule is Cc1c(CNC(=O)c2cc(N)ccc2[N+](=O)[O-])cnn1C. The van der Waals surface area contributed by atoms with Gasteiger partial charge in [0.15, 0.2) is 0 Å². The Bertz CT molecular complexity index is 708. The molecule has 0 radical (unpaired) electrons. The minimum atomic E-state index is -0.607. The number of nitrogens with zero attached hydrogens (tertiary/aromatic N) is 3. The summed E-state index contributed by atoms with van der Waals surface area (Å²) in [6.45, 7) is 2.11. The van der Waals surface area contributed by atoms with Crippen molar-refractivity contribution < 1.29 is 9.72 Å². The molecule has 0 aliphatic carbocycles. The number of hydrogen-bond donors (Lipinski definition) is 2. The van der Waals surface area contributed by atoms with Crippen LogP contribution in [0.4, 0.5) is 11.4 Å². The predicted octanol–water partition coefficient (Wildman–Crippen LogP) is 1.15. The number of aryl methyl sites for hydroxylation is 1. The zero-order valence-electron chi connectivity index (χ0n) is 11.7. The van der Waals surface area contributed by atoms with Crippen molar-refractivity contribution in [2.75, 3.05) is 5.73 Å². The van der Waals surface area contributed by atoms with Gasteiger partial charge in [-0.3, -0.25) is 19.6 Å². The van der Waals surface area contributed by atoms with Crippen molar-refractivity contribution in [3.8, 4) is 0 Å². The number of rotatable bonds is 4. The normalized spacial score (nSPS) is 10.4. The molecule has 8 nitrogen and oxygen atoms in total. The molecule has 1 aromatic heterocycles. The molecule has 8 heteroatoms. The minimum Gasteiger partial charge on any atom is -0.399 e. The number of nitrogens with two attached hydrogens (primary N) is 1. The van der Waals surface area contributed by atoms with Crippen LogP contribution in [0.5, 0.6) is 0 Å². The van der Waals surface area contributed by atoms with Gasteiger partial charge >= 0.3 is 0 Å². The van der Waals surface area contributed by atoms with Gasteiger partial charge in [0.1, 0.15) is 5.56 Å². The molecule has 0 bridgehead atoms. The van der Waals surface area contributed by atoms with E-state index in [1.54, 1.807) is 17.9 Å². The fraction of sp³-hybridized carbons (Fsp3) is 0.231. The highest BCUT2D eigenvalue weighted by molar-refractivity contribution is 5.99. The van der Waals surface area contributed by atoms with Crippen LogP contribution in [0.3, 0.4) is 0 Å². The van der Waals surface area contributed by atoms with Gasteiger partial charge in [-0.2, -0.15) is 5.10 Å². The second kappa shape index (κ2) is 5.61. The van der Waals surface area contributed by atoms with Crippen LogP contribution in [0.1, 0.15) is 21.6 Å². The highest BCUT2D eigenvalue weighted by Gasteiger charge is 2.20. The highest BCUT2D eigenvalue weighted by atomic mass is 16.6. The summed E-state index contributed by atoms with van der Waals surface area (Å²) in [6.07, 6.45) is 1.64. The fourth-order valence-corrected chi connectivity index (χ4v) is 1.88. The molecular weight excluding hydrogens is 274 g/mol. The summed E-state index contributed by atoms with van der Waals surface area (Å²) in [6, 6.07) is 3.91. The molecule has 0 unspecified atom stereocenters. The maximum atomic E-state index is 12.1. The predicted molar refractivity (Wildman–Crippen MR) is 76.6 cm³/mol. The Labute approximate surface area is 120 Å². The second-order valence-corrected chi connectivity index (χ2v) is 4.60. The van der Waals surface area contributed by atoms with Crippen molar-refractivity contribution in [2.24, 2.45) is 7.05 Å². The molecule has 21 heavy (non-hydrogen) atoms. The maximum Gasteiger partial charge on any atom is 0.282 e. The van der Waals surface area contributed by atoms with Gasteiger partial charge in [0, 0.05) is 36.6 Å². The molecule has 1 heterocycles. The molecule has 0 atom stereocenters. The third-order valence-corrected chi connectivity index (χ3v) is 3.24. The van der Waals surface area contributed by atoms with E-state index in [-0.39, 0.29) is 17.8 Å². The van der Waals surface area contributed by atoms with Crippen LogP contribution in [0, 0.1) is 17.0 Å². The smallest absolute Gasteiger partial charge is 0.282 e. The number of nitro groups is 1. The third-order valence-electron chi connectivity index (χ3n) is 3.24. The first-order chi connectivity index (χ1) is 9.90. The van der Waals surface area contributed by atoms with Crippen molar-refractivity contribution in [3.63, 3.8) is 0 Å². The number of nitro benzene ring substituents is 1. The topological polar surface area (TPSA) is 116 Å². The van der Waals surface area contributed by atoms with Crippen molar-refractivity contribution >= 4 is 17.3 Å². The first kappa shape index (κ1) is 14.5. The van der Waals surface area contributed by atoms with Gasteiger partial charge in [0.05, 0.1) is 11.1 Å². The molecule has 0 saturated carbocycles. The number of benzene rings is 1. The first-order valence-electron chi connectivity index (χ1n) is 6.19. The summed E-state index contributed by atoms with van der Waals surface area (Å²) in [7, 11) is 1.80. The number of nitrogens with one attached hydrogen (secondary N) is 1. The Kier molecular flexibility index (Phi) is 3.88. The summed E-state index contributed by atoms with van der Waals surface area (Å²) < 4.78 is 1.68. The number of nitrogen functional groups attached to an aromatic ring is 1. The van der Waals surface area contributed by atoms with E-state index in [0.29, 0.717) is 5.69 Å². The molecule has 0 aliphatic rings. The number of hydrogen-bond acceptors (Lipinski definition) is 5. The second-order valence-electron chi connectivity index (χ2n) is 4.60. The van der Waals surface area contributed by atoms with Crippen LogP contribution in [0.15, 0.2) is 24.4 Å². The molecule has 2 aromatic rings. The molecule has 0 fully saturated rings. The van der Waals surface area contributed by atoms with E-state index >= 15 is 0 Å². The van der Waals surface area contributed by atoms with Crippen LogP contribution in [0.2, 0.25) is 0 Å². The molecule has 0 spiro atoms. The standard InChI is InChI=1S/C13H15N5O3/c1-8-9(7-16-17(8)2)6-15-13(19)11-5-10(14)3-4-12(11)18(20)21/h3-5,7H,6,14H2,1-2H3,(H,15,19). The number of aromatic nitrogens is 2. The lowest BCUT2D eigenvalue weighted by atomic mass is 10.1. The van der Waals surface area contributed by atoms with Crippen LogP contribution >= 0.6 is 0 Å². The Morgan fingerprint density at radius 1 is 1.52 bits per heavy atom. The summed E-state index contributed by atoms with van der Waals surface area (Å²) in [4.78, 5) is 22.4. The Balaban J connectivity index is 2.19. The Hall–Kier alpha value is -2.90. The third kappa shape index (κ3) is 2.99. The number of anilines is 1. The van der Waals surface area contributed by atoms with Crippen LogP contribution in [-0.2, 0) is 13.6 Å². The van der Waals surface area contributed by atoms with Gasteiger partial charge in [-0.1, -0.05) is 0 Å². The zero-order valence-corrected chi connectivity index (χ0v) is 11.7. The average Bonchev–Trinajstić information content (AvgIpc) is 2.75. The maximum absolute atomic E-state index is 12.1. The quantitative estimate of drug-likeness (QED) is 0.497. The van der Waals surface area contributed by atoms with E-state index < -0.39 is 10.8 Å². The molecule has 110 valence electrons. The molecule has 0 saturated heterocycles. The van der Waals surface area contributed by atoms with Gasteiger partial charge in [-0.25, -0.2) is 0 Å². The van der Waals surface area contributed by atoms with Gasteiger partial charge in [0.2, 0.25) is 0 Å². The summed E-state index contributed by atoms with van der Waals surface area (Å²) in [5.74, 6) is -0.544. The Morgan fingerprint density at radius 2 is 2.24 bits per heavy atom. The zero-order chi connectivity index (χ0) is 15.6. The van der Waals surface area contributed by atoms with Gasteiger partial charge < -0.3 is 11.1 Å². The lowest BCUT2D eigenvalue weighted by Gasteiger charge is -2.06. The van der Waals surface area contributed by atoms with Gasteiger partial charge in [0.25, 0.3) is 11.6 Å². The van der Waals surface area contributed by atoms with Crippen molar-refractivity contribution in [1.29, 1.82) is 0 Å². The van der Waals surface area contributed by atoms with Crippen molar-refractivity contribution in [1.82, 2.24) is 15.1 Å². The fourth-order valence-electron chi connectivity index (χ4n) is 1.88. The lowest BCUT2D eigenvalue weighted by Crippen LogP contribution is -2.24. The van der Waals surface area contributed by atoms with E-state index in [1.807, 2.05) is 6.92 Å². The molecule has 0 aliphatic heterocycles. The molecular formula is C13H15N5O3. The monoisotopic (exact) mass is 289 g/mol. The summed E-state index contributed by atoms with van der Waals surface area (Å²) in [5, 5.41) is 17.6. The molecule has 2 rings (SSSR count). The van der Waals surface area contributed by atoms with Crippen LogP contribution < -0.4 is 11.1 Å². The summed E-state index contributed by atoms with van der Waals surface area (Å²) >= 11 is 0. The van der Waals surface area contributed by atoms with Gasteiger partial charge in [-0.15, -0.1) is 0 Å². The van der Waals surface area contributed by atoms with Crippen LogP contribution in [-0.4, -0.2) is 20.6 Å². The first-order valence-corrected chi connectivity index (χ1v) is 6.19. The minimum absolute atomic E-state index is 0.0541. The largest absolute Gasteiger partial charge is 0.399 e.